The standard InChI is InChI=1S/C21H23ClN2O/c22-19-4-2-18(3-5-19)21(10-1-11-21)20(25)24-14-8-17(9-15-24)16-6-12-23-13-7-16/h2-7,12-13,17H,1,8-11,14-15H2. The zero-order valence-corrected chi connectivity index (χ0v) is 15.1. The second-order valence-electron chi connectivity index (χ2n) is 7.29. The topological polar surface area (TPSA) is 33.2 Å². The molecule has 0 spiro atoms. The van der Waals surface area contributed by atoms with Gasteiger partial charge in [0.15, 0.2) is 0 Å². The van der Waals surface area contributed by atoms with Gasteiger partial charge in [0.05, 0.1) is 5.41 Å². The molecule has 130 valence electrons. The van der Waals surface area contributed by atoms with Crippen LogP contribution in [0.1, 0.15) is 49.1 Å². The summed E-state index contributed by atoms with van der Waals surface area (Å²) in [6.07, 6.45) is 8.82. The number of aromatic nitrogens is 1. The molecule has 1 aliphatic carbocycles. The van der Waals surface area contributed by atoms with Crippen LogP contribution in [0.4, 0.5) is 0 Å². The zero-order chi connectivity index (χ0) is 17.3. The quantitative estimate of drug-likeness (QED) is 0.809. The minimum atomic E-state index is -0.311. The van der Waals surface area contributed by atoms with Crippen LogP contribution in [0.15, 0.2) is 48.8 Å². The molecule has 2 aliphatic rings. The molecule has 1 amide bonds. The lowest BCUT2D eigenvalue weighted by atomic mass is 9.63. The number of pyridine rings is 1. The van der Waals surface area contributed by atoms with E-state index in [4.69, 9.17) is 11.6 Å². The number of piperidine rings is 1. The van der Waals surface area contributed by atoms with E-state index < -0.39 is 0 Å². The van der Waals surface area contributed by atoms with E-state index >= 15 is 0 Å². The van der Waals surface area contributed by atoms with E-state index in [1.54, 1.807) is 0 Å². The first-order chi connectivity index (χ1) is 12.2. The van der Waals surface area contributed by atoms with Crippen LogP contribution >= 0.6 is 11.6 Å². The van der Waals surface area contributed by atoms with Gasteiger partial charge in [0.1, 0.15) is 0 Å². The van der Waals surface area contributed by atoms with E-state index in [1.807, 2.05) is 36.7 Å². The molecule has 4 heteroatoms. The number of halogens is 1. The first kappa shape index (κ1) is 16.6. The molecule has 0 unspecified atom stereocenters. The maximum absolute atomic E-state index is 13.3. The number of amides is 1. The third kappa shape index (κ3) is 3.06. The van der Waals surface area contributed by atoms with Crippen LogP contribution < -0.4 is 0 Å². The zero-order valence-electron chi connectivity index (χ0n) is 14.3. The van der Waals surface area contributed by atoms with Crippen LogP contribution in [-0.4, -0.2) is 28.9 Å². The van der Waals surface area contributed by atoms with Crippen LogP contribution in [0.3, 0.4) is 0 Å². The third-order valence-electron chi connectivity index (χ3n) is 5.97. The minimum Gasteiger partial charge on any atom is -0.342 e. The predicted molar refractivity (Wildman–Crippen MR) is 99.8 cm³/mol. The molecule has 4 rings (SSSR count). The summed E-state index contributed by atoms with van der Waals surface area (Å²) < 4.78 is 0. The van der Waals surface area contributed by atoms with Crippen LogP contribution in [0, 0.1) is 0 Å². The monoisotopic (exact) mass is 354 g/mol. The van der Waals surface area contributed by atoms with Crippen LogP contribution in [0.5, 0.6) is 0 Å². The largest absolute Gasteiger partial charge is 0.342 e. The van der Waals surface area contributed by atoms with Crippen molar-refractivity contribution >= 4 is 17.5 Å². The summed E-state index contributed by atoms with van der Waals surface area (Å²) in [5.41, 5.74) is 2.16. The van der Waals surface area contributed by atoms with Gasteiger partial charge in [0.25, 0.3) is 0 Å². The molecule has 1 aromatic carbocycles. The SMILES string of the molecule is O=C(N1CCC(c2ccncc2)CC1)C1(c2ccc(Cl)cc2)CCC1. The second kappa shape index (κ2) is 6.80. The van der Waals surface area contributed by atoms with Crippen molar-refractivity contribution in [2.75, 3.05) is 13.1 Å². The van der Waals surface area contributed by atoms with E-state index in [0.29, 0.717) is 11.8 Å². The van der Waals surface area contributed by atoms with Crippen molar-refractivity contribution in [3.05, 3.63) is 64.9 Å². The molecule has 0 atom stereocenters. The number of hydrogen-bond donors (Lipinski definition) is 0. The van der Waals surface area contributed by atoms with Gasteiger partial charge in [-0.25, -0.2) is 0 Å². The van der Waals surface area contributed by atoms with Gasteiger partial charge in [-0.1, -0.05) is 30.2 Å². The van der Waals surface area contributed by atoms with Crippen LogP contribution in [-0.2, 0) is 10.2 Å². The number of carbonyl (C=O) groups excluding carboxylic acids is 1. The van der Waals surface area contributed by atoms with Crippen molar-refractivity contribution in [2.45, 2.75) is 43.4 Å². The van der Waals surface area contributed by atoms with Crippen molar-refractivity contribution in [1.82, 2.24) is 9.88 Å². The molecule has 2 aromatic rings. The number of nitrogens with zero attached hydrogens (tertiary/aromatic N) is 2. The van der Waals surface area contributed by atoms with E-state index in [0.717, 1.165) is 55.8 Å². The highest BCUT2D eigenvalue weighted by atomic mass is 35.5. The van der Waals surface area contributed by atoms with Crippen LogP contribution in [0.2, 0.25) is 5.02 Å². The molecule has 1 saturated heterocycles. The Hall–Kier alpha value is -1.87. The third-order valence-corrected chi connectivity index (χ3v) is 6.22. The number of likely N-dealkylation sites (tertiary alicyclic amines) is 1. The van der Waals surface area contributed by atoms with Gasteiger partial charge in [-0.2, -0.15) is 0 Å². The fourth-order valence-electron chi connectivity index (χ4n) is 4.28. The first-order valence-corrected chi connectivity index (χ1v) is 9.52. The molecule has 0 N–H and O–H groups in total. The molecule has 1 saturated carbocycles. The number of benzene rings is 1. The molecule has 0 radical (unpaired) electrons. The number of rotatable bonds is 3. The summed E-state index contributed by atoms with van der Waals surface area (Å²) in [4.78, 5) is 19.5. The van der Waals surface area contributed by atoms with Crippen molar-refractivity contribution in [2.24, 2.45) is 0 Å². The molecule has 3 nitrogen and oxygen atoms in total. The second-order valence-corrected chi connectivity index (χ2v) is 7.73. The lowest BCUT2D eigenvalue weighted by molar-refractivity contribution is -0.142. The smallest absolute Gasteiger partial charge is 0.233 e. The molecule has 1 aliphatic heterocycles. The van der Waals surface area contributed by atoms with E-state index in [1.165, 1.54) is 5.56 Å². The van der Waals surface area contributed by atoms with Gasteiger partial charge in [-0.15, -0.1) is 0 Å². The van der Waals surface area contributed by atoms with Gasteiger partial charge < -0.3 is 4.90 Å². The molecule has 1 aromatic heterocycles. The lowest BCUT2D eigenvalue weighted by Gasteiger charge is -2.45. The van der Waals surface area contributed by atoms with Crippen molar-refractivity contribution < 1.29 is 4.79 Å². The fraction of sp³-hybridized carbons (Fsp3) is 0.429. The normalized spacial score (nSPS) is 20.1. The first-order valence-electron chi connectivity index (χ1n) is 9.14. The Morgan fingerprint density at radius 1 is 1.04 bits per heavy atom. The Morgan fingerprint density at radius 2 is 1.68 bits per heavy atom. The number of carbonyl (C=O) groups is 1. The summed E-state index contributed by atoms with van der Waals surface area (Å²) >= 11 is 6.03. The Kier molecular flexibility index (Phi) is 4.51. The van der Waals surface area contributed by atoms with Gasteiger partial charge >= 0.3 is 0 Å². The summed E-state index contributed by atoms with van der Waals surface area (Å²) in [6.45, 7) is 1.70. The maximum atomic E-state index is 13.3. The van der Waals surface area contributed by atoms with Gasteiger partial charge in [-0.05, 0) is 67.0 Å². The number of hydrogen-bond acceptors (Lipinski definition) is 2. The summed E-state index contributed by atoms with van der Waals surface area (Å²) in [6, 6.07) is 12.1. The van der Waals surface area contributed by atoms with Crippen LogP contribution in [0.25, 0.3) is 0 Å². The van der Waals surface area contributed by atoms with Gasteiger partial charge in [-0.3, -0.25) is 9.78 Å². The van der Waals surface area contributed by atoms with Gasteiger partial charge in [0, 0.05) is 30.5 Å². The molecular weight excluding hydrogens is 332 g/mol. The van der Waals surface area contributed by atoms with Crippen molar-refractivity contribution in [3.8, 4) is 0 Å². The maximum Gasteiger partial charge on any atom is 0.233 e. The Labute approximate surface area is 154 Å². The molecule has 25 heavy (non-hydrogen) atoms. The Balaban J connectivity index is 1.47. The van der Waals surface area contributed by atoms with E-state index in [2.05, 4.69) is 22.0 Å². The summed E-state index contributed by atoms with van der Waals surface area (Å²) in [5, 5.41) is 0.726. The van der Waals surface area contributed by atoms with E-state index in [-0.39, 0.29) is 5.41 Å². The highest BCUT2D eigenvalue weighted by Crippen LogP contribution is 2.46. The van der Waals surface area contributed by atoms with Gasteiger partial charge in [0.2, 0.25) is 5.91 Å². The molecule has 2 heterocycles. The molecular formula is C21H23ClN2O. The summed E-state index contributed by atoms with van der Waals surface area (Å²) in [7, 11) is 0. The van der Waals surface area contributed by atoms with Crippen molar-refractivity contribution in [1.29, 1.82) is 0 Å². The van der Waals surface area contributed by atoms with Crippen molar-refractivity contribution in [3.63, 3.8) is 0 Å². The Morgan fingerprint density at radius 3 is 2.24 bits per heavy atom. The Bertz CT molecular complexity index is 732. The lowest BCUT2D eigenvalue weighted by Crippen LogP contribution is -2.52. The predicted octanol–water partition coefficient (Wildman–Crippen LogP) is 4.56. The average Bonchev–Trinajstić information content (AvgIpc) is 2.63. The molecule has 0 bridgehead atoms. The fourth-order valence-corrected chi connectivity index (χ4v) is 4.41. The van der Waals surface area contributed by atoms with E-state index in [9.17, 15) is 4.79 Å². The highest BCUT2D eigenvalue weighted by molar-refractivity contribution is 6.30. The highest BCUT2D eigenvalue weighted by Gasteiger charge is 2.48. The average molecular weight is 355 g/mol. The summed E-state index contributed by atoms with van der Waals surface area (Å²) in [5.74, 6) is 0.856. The molecule has 2 fully saturated rings. The minimum absolute atomic E-state index is 0.311.